The molecule has 5 aliphatic rings. The van der Waals surface area contributed by atoms with Crippen molar-refractivity contribution in [2.45, 2.75) is 62.6 Å². The fourth-order valence-corrected chi connectivity index (χ4v) is 6.71. The number of hydrogen-bond donors (Lipinski definition) is 0. The average molecular weight is 384 g/mol. The zero-order valence-corrected chi connectivity index (χ0v) is 16.5. The van der Waals surface area contributed by atoms with Crippen molar-refractivity contribution in [1.29, 1.82) is 0 Å². The molecule has 0 aromatic heterocycles. The highest BCUT2D eigenvalue weighted by Gasteiger charge is 2.65. The van der Waals surface area contributed by atoms with E-state index in [2.05, 4.69) is 21.9 Å². The predicted octanol–water partition coefficient (Wildman–Crippen LogP) is 3.10. The van der Waals surface area contributed by atoms with E-state index in [1.165, 1.54) is 31.2 Å². The lowest BCUT2D eigenvalue weighted by molar-refractivity contribution is -0.138. The van der Waals surface area contributed by atoms with Crippen molar-refractivity contribution in [2.24, 2.45) is 5.92 Å². The first-order valence-electron chi connectivity index (χ1n) is 10.8. The van der Waals surface area contributed by atoms with Crippen LogP contribution in [0.1, 0.15) is 56.6 Å². The van der Waals surface area contributed by atoms with Crippen LogP contribution in [-0.2, 0) is 4.79 Å². The van der Waals surface area contributed by atoms with Gasteiger partial charge in [0.1, 0.15) is 5.54 Å². The van der Waals surface area contributed by atoms with Crippen molar-refractivity contribution in [1.82, 2.24) is 9.80 Å². The standard InChI is InChI=1S/C22H28N2O4/c1-26-18-9-14(10-19-20(18)28-13-27-19)17-11-15-12-23(16-5-2-3-6-16)21(25)22(15)7-4-8-24(17)22/h9-10,15-17H,2-8,11-13H2,1H3/t15-,17-,22-/m0/s1. The molecule has 6 rings (SSSR count). The van der Waals surface area contributed by atoms with E-state index in [0.717, 1.165) is 43.9 Å². The Balaban J connectivity index is 1.35. The molecule has 0 unspecified atom stereocenters. The molecule has 4 heterocycles. The molecule has 1 amide bonds. The molecule has 6 heteroatoms. The summed E-state index contributed by atoms with van der Waals surface area (Å²) >= 11 is 0. The number of benzene rings is 1. The van der Waals surface area contributed by atoms with Crippen LogP contribution in [0.25, 0.3) is 0 Å². The fourth-order valence-electron chi connectivity index (χ4n) is 6.71. The van der Waals surface area contributed by atoms with Crippen LogP contribution in [-0.4, -0.2) is 54.3 Å². The van der Waals surface area contributed by atoms with Crippen molar-refractivity contribution in [3.63, 3.8) is 0 Å². The van der Waals surface area contributed by atoms with Gasteiger partial charge in [0, 0.05) is 24.5 Å². The van der Waals surface area contributed by atoms with Crippen molar-refractivity contribution in [3.8, 4) is 17.2 Å². The van der Waals surface area contributed by atoms with E-state index >= 15 is 0 Å². The van der Waals surface area contributed by atoms with Crippen LogP contribution < -0.4 is 14.2 Å². The first kappa shape index (κ1) is 17.0. The molecule has 1 saturated carbocycles. The van der Waals surface area contributed by atoms with Gasteiger partial charge in [-0.2, -0.15) is 0 Å². The van der Waals surface area contributed by atoms with E-state index in [1.54, 1.807) is 7.11 Å². The van der Waals surface area contributed by atoms with Crippen molar-refractivity contribution in [3.05, 3.63) is 17.7 Å². The van der Waals surface area contributed by atoms with Crippen LogP contribution in [0.4, 0.5) is 0 Å². The minimum Gasteiger partial charge on any atom is -0.493 e. The molecule has 4 aliphatic heterocycles. The van der Waals surface area contributed by atoms with Crippen LogP contribution in [0.2, 0.25) is 0 Å². The molecular formula is C22H28N2O4. The van der Waals surface area contributed by atoms with E-state index in [9.17, 15) is 4.79 Å². The Morgan fingerprint density at radius 3 is 2.86 bits per heavy atom. The highest BCUT2D eigenvalue weighted by molar-refractivity contribution is 5.90. The Hall–Kier alpha value is -1.95. The number of likely N-dealkylation sites (tertiary alicyclic amines) is 1. The number of methoxy groups -OCH3 is 1. The first-order valence-corrected chi connectivity index (χ1v) is 10.8. The summed E-state index contributed by atoms with van der Waals surface area (Å²) in [5.41, 5.74) is 0.925. The van der Waals surface area contributed by atoms with Gasteiger partial charge in [-0.3, -0.25) is 9.69 Å². The van der Waals surface area contributed by atoms with Gasteiger partial charge >= 0.3 is 0 Å². The summed E-state index contributed by atoms with van der Waals surface area (Å²) < 4.78 is 16.8. The minimum absolute atomic E-state index is 0.241. The topological polar surface area (TPSA) is 51.2 Å². The number of nitrogens with zero attached hydrogens (tertiary/aromatic N) is 2. The van der Waals surface area contributed by atoms with Gasteiger partial charge in [0.25, 0.3) is 0 Å². The summed E-state index contributed by atoms with van der Waals surface area (Å²) in [5.74, 6) is 3.04. The molecule has 1 spiro atoms. The quantitative estimate of drug-likeness (QED) is 0.802. The van der Waals surface area contributed by atoms with E-state index in [-0.39, 0.29) is 18.4 Å². The number of hydrogen-bond acceptors (Lipinski definition) is 5. The molecular weight excluding hydrogens is 356 g/mol. The zero-order chi connectivity index (χ0) is 18.9. The third-order valence-electron chi connectivity index (χ3n) is 7.91. The normalized spacial score (nSPS) is 34.3. The van der Waals surface area contributed by atoms with Gasteiger partial charge in [0.05, 0.1) is 7.11 Å². The second-order valence-corrected chi connectivity index (χ2v) is 9.02. The van der Waals surface area contributed by atoms with Crippen LogP contribution in [0.15, 0.2) is 12.1 Å². The average Bonchev–Trinajstić information content (AvgIpc) is 3.49. The molecule has 0 N–H and O–H groups in total. The highest BCUT2D eigenvalue weighted by atomic mass is 16.7. The Bertz CT molecular complexity index is 821. The summed E-state index contributed by atoms with van der Waals surface area (Å²) in [6.45, 7) is 2.19. The van der Waals surface area contributed by atoms with E-state index in [1.807, 2.05) is 0 Å². The summed E-state index contributed by atoms with van der Waals surface area (Å²) in [6.07, 6.45) is 8.09. The number of rotatable bonds is 3. The molecule has 0 bridgehead atoms. The second-order valence-electron chi connectivity index (χ2n) is 9.02. The van der Waals surface area contributed by atoms with Gasteiger partial charge in [0.2, 0.25) is 18.4 Å². The predicted molar refractivity (Wildman–Crippen MR) is 103 cm³/mol. The monoisotopic (exact) mass is 384 g/mol. The van der Waals surface area contributed by atoms with Gasteiger partial charge in [-0.1, -0.05) is 12.8 Å². The summed E-state index contributed by atoms with van der Waals surface area (Å²) in [5, 5.41) is 0. The van der Waals surface area contributed by atoms with Crippen LogP contribution in [0.3, 0.4) is 0 Å². The molecule has 1 aromatic carbocycles. The van der Waals surface area contributed by atoms with Gasteiger partial charge < -0.3 is 19.1 Å². The smallest absolute Gasteiger partial charge is 0.243 e. The lowest BCUT2D eigenvalue weighted by Gasteiger charge is -2.35. The van der Waals surface area contributed by atoms with Crippen molar-refractivity contribution >= 4 is 5.91 Å². The van der Waals surface area contributed by atoms with Crippen LogP contribution in [0.5, 0.6) is 17.2 Å². The number of carbonyl (C=O) groups is 1. The largest absolute Gasteiger partial charge is 0.493 e. The first-order chi connectivity index (χ1) is 13.7. The molecule has 150 valence electrons. The molecule has 3 saturated heterocycles. The minimum atomic E-state index is -0.267. The Morgan fingerprint density at radius 2 is 2.04 bits per heavy atom. The summed E-state index contributed by atoms with van der Waals surface area (Å²) in [7, 11) is 1.67. The number of fused-ring (bicyclic) bond motifs is 1. The van der Waals surface area contributed by atoms with Crippen molar-refractivity contribution in [2.75, 3.05) is 27.0 Å². The number of ether oxygens (including phenoxy) is 3. The third-order valence-corrected chi connectivity index (χ3v) is 7.91. The van der Waals surface area contributed by atoms with Gasteiger partial charge in [0.15, 0.2) is 11.5 Å². The maximum atomic E-state index is 13.7. The highest BCUT2D eigenvalue weighted by Crippen LogP contribution is 2.58. The molecule has 1 aromatic rings. The molecule has 1 aliphatic carbocycles. The number of amides is 1. The SMILES string of the molecule is COc1cc([C@@H]2C[C@H]3CN(C4CCCC4)C(=O)[C@]34CCCN24)cc2c1OCO2. The van der Waals surface area contributed by atoms with E-state index < -0.39 is 0 Å². The molecule has 3 atom stereocenters. The molecule has 6 nitrogen and oxygen atoms in total. The van der Waals surface area contributed by atoms with Crippen LogP contribution in [0, 0.1) is 5.92 Å². The molecule has 28 heavy (non-hydrogen) atoms. The lowest BCUT2D eigenvalue weighted by atomic mass is 9.85. The zero-order valence-electron chi connectivity index (χ0n) is 16.5. The van der Waals surface area contributed by atoms with Crippen LogP contribution >= 0.6 is 0 Å². The maximum absolute atomic E-state index is 13.7. The van der Waals surface area contributed by atoms with E-state index in [0.29, 0.717) is 23.6 Å². The van der Waals surface area contributed by atoms with Gasteiger partial charge in [-0.15, -0.1) is 0 Å². The van der Waals surface area contributed by atoms with Gasteiger partial charge in [-0.05, 0) is 56.3 Å². The number of carbonyl (C=O) groups excluding carboxylic acids is 1. The summed E-state index contributed by atoms with van der Waals surface area (Å²) in [6, 6.07) is 4.93. The lowest BCUT2D eigenvalue weighted by Crippen LogP contribution is -2.51. The molecule has 4 fully saturated rings. The Morgan fingerprint density at radius 1 is 1.18 bits per heavy atom. The van der Waals surface area contributed by atoms with E-state index in [4.69, 9.17) is 14.2 Å². The maximum Gasteiger partial charge on any atom is 0.243 e. The second kappa shape index (κ2) is 6.02. The van der Waals surface area contributed by atoms with Gasteiger partial charge in [-0.25, -0.2) is 0 Å². The Labute approximate surface area is 165 Å². The Kier molecular flexibility index (Phi) is 3.65. The van der Waals surface area contributed by atoms with Crippen molar-refractivity contribution < 1.29 is 19.0 Å². The fraction of sp³-hybridized carbons (Fsp3) is 0.682. The summed E-state index contributed by atoms with van der Waals surface area (Å²) in [4.78, 5) is 18.5. The third kappa shape index (κ3) is 2.10. The molecule has 0 radical (unpaired) electrons.